The molecule has 6 nitrogen and oxygen atoms in total. The maximum absolute atomic E-state index is 13.6. The number of ether oxygens (including phenoxy) is 1. The number of hydrogen-bond acceptors (Lipinski definition) is 6. The van der Waals surface area contributed by atoms with E-state index >= 15 is 0 Å². The van der Waals surface area contributed by atoms with Crippen LogP contribution in [-0.2, 0) is 6.54 Å². The molecule has 226 valence electrons. The van der Waals surface area contributed by atoms with Gasteiger partial charge in [0.2, 0.25) is 0 Å². The summed E-state index contributed by atoms with van der Waals surface area (Å²) < 4.78 is 47.6. The SMILES string of the molecule is COc1cc(SC)ccc1NCC#Cc1cc2c(NC3CCC(N4CCC(O)CC4)CC3)cccc2n1CC(F)(F)F. The van der Waals surface area contributed by atoms with E-state index < -0.39 is 12.7 Å². The van der Waals surface area contributed by atoms with Gasteiger partial charge < -0.3 is 29.9 Å². The quantitative estimate of drug-likeness (QED) is 0.201. The second-order valence-corrected chi connectivity index (χ2v) is 12.0. The average Bonchev–Trinajstić information content (AvgIpc) is 3.32. The monoisotopic (exact) mass is 600 g/mol. The highest BCUT2D eigenvalue weighted by atomic mass is 32.2. The van der Waals surface area contributed by atoms with E-state index in [2.05, 4.69) is 27.4 Å². The maximum atomic E-state index is 13.6. The predicted molar refractivity (Wildman–Crippen MR) is 165 cm³/mol. The zero-order valence-corrected chi connectivity index (χ0v) is 25.0. The highest BCUT2D eigenvalue weighted by molar-refractivity contribution is 7.98. The number of aromatic nitrogens is 1. The lowest BCUT2D eigenvalue weighted by Crippen LogP contribution is -2.45. The predicted octanol–water partition coefficient (Wildman–Crippen LogP) is 6.58. The Morgan fingerprint density at radius 1 is 1.02 bits per heavy atom. The number of likely N-dealkylation sites (tertiary alicyclic amines) is 1. The molecular formula is C32H39F3N4O2S. The van der Waals surface area contributed by atoms with Gasteiger partial charge in [-0.05, 0) is 87.1 Å². The number of thioether (sulfide) groups is 1. The van der Waals surface area contributed by atoms with Crippen molar-refractivity contribution in [3.8, 4) is 17.6 Å². The van der Waals surface area contributed by atoms with Crippen LogP contribution in [0.25, 0.3) is 10.9 Å². The van der Waals surface area contributed by atoms with E-state index in [0.717, 1.165) is 73.3 Å². The number of rotatable bonds is 8. The maximum Gasteiger partial charge on any atom is 0.406 e. The van der Waals surface area contributed by atoms with Crippen molar-refractivity contribution < 1.29 is 23.0 Å². The summed E-state index contributed by atoms with van der Waals surface area (Å²) in [5, 5.41) is 17.4. The fourth-order valence-corrected chi connectivity index (χ4v) is 6.57. The summed E-state index contributed by atoms with van der Waals surface area (Å²) >= 11 is 1.61. The zero-order chi connectivity index (χ0) is 29.7. The molecule has 0 amide bonds. The van der Waals surface area contributed by atoms with Crippen LogP contribution < -0.4 is 15.4 Å². The summed E-state index contributed by atoms with van der Waals surface area (Å²) in [6.45, 7) is 1.06. The number of nitrogens with one attached hydrogen (secondary N) is 2. The minimum Gasteiger partial charge on any atom is -0.495 e. The van der Waals surface area contributed by atoms with Gasteiger partial charge >= 0.3 is 6.18 Å². The highest BCUT2D eigenvalue weighted by Gasteiger charge is 2.31. The van der Waals surface area contributed by atoms with E-state index in [1.165, 1.54) is 4.57 Å². The van der Waals surface area contributed by atoms with Crippen molar-refractivity contribution >= 4 is 34.0 Å². The van der Waals surface area contributed by atoms with E-state index in [9.17, 15) is 18.3 Å². The summed E-state index contributed by atoms with van der Waals surface area (Å²) in [6, 6.07) is 13.9. The Hall–Kier alpha value is -3.00. The van der Waals surface area contributed by atoms with Crippen LogP contribution in [0.15, 0.2) is 47.4 Å². The van der Waals surface area contributed by atoms with Gasteiger partial charge in [-0.25, -0.2) is 0 Å². The zero-order valence-electron chi connectivity index (χ0n) is 24.1. The molecule has 1 aliphatic heterocycles. The van der Waals surface area contributed by atoms with E-state index in [1.807, 2.05) is 36.6 Å². The molecule has 2 aliphatic rings. The largest absolute Gasteiger partial charge is 0.495 e. The summed E-state index contributed by atoms with van der Waals surface area (Å²) in [5.41, 5.74) is 2.47. The van der Waals surface area contributed by atoms with Crippen molar-refractivity contribution in [2.24, 2.45) is 0 Å². The van der Waals surface area contributed by atoms with E-state index in [4.69, 9.17) is 4.74 Å². The highest BCUT2D eigenvalue weighted by Crippen LogP contribution is 2.33. The molecule has 1 saturated carbocycles. The number of benzene rings is 2. The normalized spacial score (nSPS) is 20.2. The number of nitrogens with zero attached hydrogens (tertiary/aromatic N) is 2. The average molecular weight is 601 g/mol. The molecule has 0 radical (unpaired) electrons. The van der Waals surface area contributed by atoms with Crippen LogP contribution in [-0.4, -0.2) is 71.9 Å². The van der Waals surface area contributed by atoms with E-state index in [1.54, 1.807) is 31.0 Å². The molecular weight excluding hydrogens is 561 g/mol. The van der Waals surface area contributed by atoms with Crippen LogP contribution in [0, 0.1) is 11.8 Å². The molecule has 0 atom stereocenters. The molecule has 10 heteroatoms. The standard InChI is InChI=1S/C32H39F3N4O2S/c1-41-31-20-26(42-2)12-13-29(31)36-16-4-5-24-19-27-28(6-3-7-30(27)39(24)21-32(33,34)35)37-22-8-10-23(11-9-22)38-17-14-25(40)15-18-38/h3,6-7,12-13,19-20,22-23,25,36-37,40H,8-11,14-18,21H2,1-2H3. The summed E-state index contributed by atoms with van der Waals surface area (Å²) in [7, 11) is 1.60. The van der Waals surface area contributed by atoms with Gasteiger partial charge in [0, 0.05) is 41.1 Å². The number of methoxy groups -OCH3 is 1. The first-order chi connectivity index (χ1) is 20.2. The second-order valence-electron chi connectivity index (χ2n) is 11.1. The van der Waals surface area contributed by atoms with E-state index in [0.29, 0.717) is 23.0 Å². The number of alkyl halides is 3. The molecule has 3 N–H and O–H groups in total. The molecule has 1 aromatic heterocycles. The lowest BCUT2D eigenvalue weighted by Gasteiger charge is -2.40. The number of piperidine rings is 1. The second kappa shape index (κ2) is 13.5. The van der Waals surface area contributed by atoms with Crippen LogP contribution in [0.2, 0.25) is 0 Å². The number of fused-ring (bicyclic) bond motifs is 1. The first-order valence-corrected chi connectivity index (χ1v) is 15.8. The van der Waals surface area contributed by atoms with Gasteiger partial charge in [0.05, 0.1) is 36.7 Å². The minimum absolute atomic E-state index is 0.170. The first-order valence-electron chi connectivity index (χ1n) is 14.6. The minimum atomic E-state index is -4.38. The number of hydrogen-bond donors (Lipinski definition) is 3. The number of aliphatic hydroxyl groups is 1. The third-order valence-electron chi connectivity index (χ3n) is 8.35. The van der Waals surface area contributed by atoms with E-state index in [-0.39, 0.29) is 18.7 Å². The molecule has 1 aliphatic carbocycles. The van der Waals surface area contributed by atoms with Crippen molar-refractivity contribution in [1.29, 1.82) is 0 Å². The molecule has 42 heavy (non-hydrogen) atoms. The molecule has 2 heterocycles. The fourth-order valence-electron chi connectivity index (χ4n) is 6.14. The topological polar surface area (TPSA) is 61.7 Å². The lowest BCUT2D eigenvalue weighted by atomic mass is 9.88. The number of halogens is 3. The Balaban J connectivity index is 1.30. The Labute approximate surface area is 250 Å². The Kier molecular flexibility index (Phi) is 9.81. The van der Waals surface area contributed by atoms with Crippen molar-refractivity contribution in [2.75, 3.05) is 43.6 Å². The molecule has 0 unspecified atom stereocenters. The Morgan fingerprint density at radius 3 is 2.48 bits per heavy atom. The van der Waals surface area contributed by atoms with Crippen LogP contribution >= 0.6 is 11.8 Å². The molecule has 2 aromatic carbocycles. The summed E-state index contributed by atoms with van der Waals surface area (Å²) in [5.74, 6) is 6.68. The summed E-state index contributed by atoms with van der Waals surface area (Å²) in [4.78, 5) is 3.58. The molecule has 0 spiro atoms. The number of anilines is 2. The van der Waals surface area contributed by atoms with Crippen molar-refractivity contribution in [3.05, 3.63) is 48.2 Å². The Morgan fingerprint density at radius 2 is 1.79 bits per heavy atom. The molecule has 3 aromatic rings. The van der Waals surface area contributed by atoms with Crippen molar-refractivity contribution in [1.82, 2.24) is 9.47 Å². The smallest absolute Gasteiger partial charge is 0.406 e. The van der Waals surface area contributed by atoms with Gasteiger partial charge in [0.1, 0.15) is 12.3 Å². The van der Waals surface area contributed by atoms with Crippen LogP contribution in [0.4, 0.5) is 24.5 Å². The first kappa shape index (κ1) is 30.5. The fraction of sp³-hybridized carbons (Fsp3) is 0.500. The van der Waals surface area contributed by atoms with Gasteiger partial charge in [0.15, 0.2) is 0 Å². The van der Waals surface area contributed by atoms with Crippen molar-refractivity contribution in [3.63, 3.8) is 0 Å². The van der Waals surface area contributed by atoms with Gasteiger partial charge in [-0.15, -0.1) is 11.8 Å². The van der Waals surface area contributed by atoms with Gasteiger partial charge in [-0.2, -0.15) is 13.2 Å². The number of aliphatic hydroxyl groups excluding tert-OH is 1. The molecule has 2 fully saturated rings. The molecule has 0 bridgehead atoms. The summed E-state index contributed by atoms with van der Waals surface area (Å²) in [6.07, 6.45) is 3.29. The van der Waals surface area contributed by atoms with Crippen molar-refractivity contribution in [2.45, 2.75) is 74.3 Å². The third kappa shape index (κ3) is 7.49. The van der Waals surface area contributed by atoms with Gasteiger partial charge in [-0.3, -0.25) is 0 Å². The van der Waals surface area contributed by atoms with Gasteiger partial charge in [-0.1, -0.05) is 12.0 Å². The lowest BCUT2D eigenvalue weighted by molar-refractivity contribution is -0.140. The van der Waals surface area contributed by atoms with Crippen LogP contribution in [0.5, 0.6) is 5.75 Å². The molecule has 1 saturated heterocycles. The van der Waals surface area contributed by atoms with Crippen LogP contribution in [0.1, 0.15) is 44.2 Å². The van der Waals surface area contributed by atoms with Crippen LogP contribution in [0.3, 0.4) is 0 Å². The Bertz CT molecular complexity index is 1410. The third-order valence-corrected chi connectivity index (χ3v) is 9.07. The van der Waals surface area contributed by atoms with Gasteiger partial charge in [0.25, 0.3) is 0 Å². The molecule has 5 rings (SSSR count).